The van der Waals surface area contributed by atoms with E-state index in [1.807, 2.05) is 31.2 Å². The summed E-state index contributed by atoms with van der Waals surface area (Å²) in [6, 6.07) is 15.7. The molecule has 0 fully saturated rings. The van der Waals surface area contributed by atoms with Crippen molar-refractivity contribution in [2.45, 2.75) is 20.8 Å². The minimum atomic E-state index is 0.312. The predicted octanol–water partition coefficient (Wildman–Crippen LogP) is 4.65. The van der Waals surface area contributed by atoms with Gasteiger partial charge in [-0.1, -0.05) is 0 Å². The number of benzene rings is 2. The third-order valence-electron chi connectivity index (χ3n) is 4.94. The van der Waals surface area contributed by atoms with E-state index in [-0.39, 0.29) is 0 Å². The van der Waals surface area contributed by atoms with Crippen LogP contribution in [0.25, 0.3) is 28.0 Å². The quantitative estimate of drug-likeness (QED) is 0.460. The summed E-state index contributed by atoms with van der Waals surface area (Å²) in [6.45, 7) is 8.24. The fraction of sp³-hybridized carbons (Fsp3) is 0.227. The van der Waals surface area contributed by atoms with Crippen LogP contribution in [0, 0.1) is 6.92 Å². The van der Waals surface area contributed by atoms with E-state index in [4.69, 9.17) is 4.42 Å². The van der Waals surface area contributed by atoms with Gasteiger partial charge in [-0.25, -0.2) is 0 Å². The van der Waals surface area contributed by atoms with Gasteiger partial charge in [-0.05, 0) is 74.9 Å². The van der Waals surface area contributed by atoms with E-state index in [1.165, 1.54) is 5.69 Å². The summed E-state index contributed by atoms with van der Waals surface area (Å²) in [6.07, 6.45) is 0.704. The van der Waals surface area contributed by atoms with Crippen LogP contribution in [-0.4, -0.2) is 34.4 Å². The normalized spacial score (nSPS) is 11.1. The third kappa shape index (κ3) is 3.17. The number of hydrogen-bond acceptors (Lipinski definition) is 5. The van der Waals surface area contributed by atoms with Crippen molar-refractivity contribution in [3.8, 4) is 17.0 Å². The van der Waals surface area contributed by atoms with Crippen LogP contribution in [0.4, 0.5) is 5.69 Å². The molecule has 0 aliphatic carbocycles. The summed E-state index contributed by atoms with van der Waals surface area (Å²) in [5, 5.41) is 9.25. The molecule has 0 bridgehead atoms. The summed E-state index contributed by atoms with van der Waals surface area (Å²) in [4.78, 5) is 14.8. The molecule has 28 heavy (non-hydrogen) atoms. The van der Waals surface area contributed by atoms with Gasteiger partial charge in [0.1, 0.15) is 16.8 Å². The van der Waals surface area contributed by atoms with Gasteiger partial charge >= 0.3 is 0 Å². The Kier molecular flexibility index (Phi) is 4.69. The Balaban J connectivity index is 1.71. The van der Waals surface area contributed by atoms with Gasteiger partial charge in [-0.2, -0.15) is 4.80 Å². The molecular weight excluding hydrogens is 352 g/mol. The van der Waals surface area contributed by atoms with Gasteiger partial charge in [0.2, 0.25) is 0 Å². The minimum absolute atomic E-state index is 0.312. The lowest BCUT2D eigenvalue weighted by Gasteiger charge is -2.20. The van der Waals surface area contributed by atoms with E-state index >= 15 is 0 Å². The number of carbonyl (C=O) groups is 1. The predicted molar refractivity (Wildman–Crippen MR) is 110 cm³/mol. The number of rotatable bonds is 6. The Labute approximate surface area is 163 Å². The zero-order valence-electron chi connectivity index (χ0n) is 16.2. The van der Waals surface area contributed by atoms with Crippen LogP contribution in [0.2, 0.25) is 0 Å². The molecule has 142 valence electrons. The van der Waals surface area contributed by atoms with E-state index in [1.54, 1.807) is 16.9 Å². The molecule has 0 atom stereocenters. The maximum Gasteiger partial charge on any atom is 0.185 e. The zero-order valence-corrected chi connectivity index (χ0v) is 16.2. The minimum Gasteiger partial charge on any atom is -0.453 e. The first-order chi connectivity index (χ1) is 13.6. The molecule has 0 aliphatic heterocycles. The van der Waals surface area contributed by atoms with Crippen LogP contribution in [0.1, 0.15) is 30.0 Å². The monoisotopic (exact) mass is 374 g/mol. The SMILES string of the molecule is CCN(CC)c1ccc(-n2nc3cc(C)c(-c4ccc(C=O)o4)cc3n2)cc1. The summed E-state index contributed by atoms with van der Waals surface area (Å²) < 4.78 is 5.57. The summed E-state index contributed by atoms with van der Waals surface area (Å²) in [5.74, 6) is 0.964. The number of furan rings is 1. The lowest BCUT2D eigenvalue weighted by Crippen LogP contribution is -2.21. The number of fused-ring (bicyclic) bond motifs is 1. The Bertz CT molecular complexity index is 1120. The molecule has 2 aromatic heterocycles. The Morgan fingerprint density at radius 2 is 1.68 bits per heavy atom. The number of aromatic nitrogens is 3. The van der Waals surface area contributed by atoms with Gasteiger partial charge in [-0.3, -0.25) is 4.79 Å². The molecular formula is C22H22N4O2. The van der Waals surface area contributed by atoms with Crippen LogP contribution >= 0.6 is 0 Å². The maximum absolute atomic E-state index is 10.9. The smallest absolute Gasteiger partial charge is 0.185 e. The number of nitrogens with zero attached hydrogens (tertiary/aromatic N) is 4. The Morgan fingerprint density at radius 3 is 2.29 bits per heavy atom. The number of carbonyl (C=O) groups excluding carboxylic acids is 1. The second kappa shape index (κ2) is 7.31. The van der Waals surface area contributed by atoms with E-state index in [2.05, 4.69) is 41.1 Å². The van der Waals surface area contributed by atoms with Gasteiger partial charge in [0.05, 0.1) is 5.69 Å². The van der Waals surface area contributed by atoms with Crippen molar-refractivity contribution in [3.63, 3.8) is 0 Å². The Morgan fingerprint density at radius 1 is 1.00 bits per heavy atom. The molecule has 6 nitrogen and oxygen atoms in total. The third-order valence-corrected chi connectivity index (χ3v) is 4.94. The standard InChI is InChI=1S/C22H22N4O2/c1-4-25(5-2)16-6-8-17(9-7-16)26-23-20-12-15(3)19(13-21(20)24-26)22-11-10-18(14-27)28-22/h6-14H,4-5H2,1-3H3. The van der Waals surface area contributed by atoms with E-state index < -0.39 is 0 Å². The van der Waals surface area contributed by atoms with Crippen LogP contribution < -0.4 is 4.90 Å². The molecule has 0 N–H and O–H groups in total. The Hall–Kier alpha value is -3.41. The molecule has 0 aliphatic rings. The van der Waals surface area contributed by atoms with Gasteiger partial charge in [0, 0.05) is 24.3 Å². The van der Waals surface area contributed by atoms with Gasteiger partial charge in [0.25, 0.3) is 0 Å². The molecule has 0 radical (unpaired) electrons. The van der Waals surface area contributed by atoms with Gasteiger partial charge < -0.3 is 9.32 Å². The highest BCUT2D eigenvalue weighted by Gasteiger charge is 2.13. The second-order valence-electron chi connectivity index (χ2n) is 6.65. The topological polar surface area (TPSA) is 64.2 Å². The van der Waals surface area contributed by atoms with Crippen molar-refractivity contribution < 1.29 is 9.21 Å². The first-order valence-corrected chi connectivity index (χ1v) is 9.41. The largest absolute Gasteiger partial charge is 0.453 e. The number of aldehydes is 1. The van der Waals surface area contributed by atoms with Crippen molar-refractivity contribution in [2.75, 3.05) is 18.0 Å². The first kappa shape index (κ1) is 18.0. The fourth-order valence-corrected chi connectivity index (χ4v) is 3.40. The van der Waals surface area contributed by atoms with Crippen molar-refractivity contribution >= 4 is 23.0 Å². The van der Waals surface area contributed by atoms with Crippen molar-refractivity contribution in [1.29, 1.82) is 0 Å². The second-order valence-corrected chi connectivity index (χ2v) is 6.65. The molecule has 0 unspecified atom stereocenters. The highest BCUT2D eigenvalue weighted by Crippen LogP contribution is 2.29. The lowest BCUT2D eigenvalue weighted by molar-refractivity contribution is 0.110. The van der Waals surface area contributed by atoms with E-state index in [0.717, 1.165) is 40.9 Å². The molecule has 4 rings (SSSR count). The molecule has 4 aromatic rings. The van der Waals surface area contributed by atoms with Crippen LogP contribution in [-0.2, 0) is 0 Å². The van der Waals surface area contributed by atoms with E-state index in [0.29, 0.717) is 17.8 Å². The van der Waals surface area contributed by atoms with Gasteiger partial charge in [-0.15, -0.1) is 10.2 Å². The van der Waals surface area contributed by atoms with Crippen molar-refractivity contribution in [3.05, 3.63) is 59.9 Å². The van der Waals surface area contributed by atoms with Gasteiger partial charge in [0.15, 0.2) is 12.0 Å². The molecule has 0 saturated carbocycles. The molecule has 2 aromatic carbocycles. The highest BCUT2D eigenvalue weighted by atomic mass is 16.3. The highest BCUT2D eigenvalue weighted by molar-refractivity contribution is 5.83. The fourth-order valence-electron chi connectivity index (χ4n) is 3.40. The molecule has 0 saturated heterocycles. The number of anilines is 1. The molecule has 6 heteroatoms. The van der Waals surface area contributed by atoms with Crippen molar-refractivity contribution in [1.82, 2.24) is 15.0 Å². The average Bonchev–Trinajstić information content (AvgIpc) is 3.35. The van der Waals surface area contributed by atoms with Crippen LogP contribution in [0.5, 0.6) is 0 Å². The lowest BCUT2D eigenvalue weighted by atomic mass is 10.1. The van der Waals surface area contributed by atoms with Crippen LogP contribution in [0.3, 0.4) is 0 Å². The first-order valence-electron chi connectivity index (χ1n) is 9.41. The molecule has 0 amide bonds. The number of aryl methyl sites for hydroxylation is 1. The van der Waals surface area contributed by atoms with E-state index in [9.17, 15) is 4.79 Å². The zero-order chi connectivity index (χ0) is 19.7. The average molecular weight is 374 g/mol. The summed E-state index contributed by atoms with van der Waals surface area (Å²) in [7, 11) is 0. The molecule has 0 spiro atoms. The summed E-state index contributed by atoms with van der Waals surface area (Å²) in [5.41, 5.74) is 5.61. The molecule has 2 heterocycles. The van der Waals surface area contributed by atoms with Crippen LogP contribution in [0.15, 0.2) is 52.9 Å². The maximum atomic E-state index is 10.9. The summed E-state index contributed by atoms with van der Waals surface area (Å²) >= 11 is 0. The van der Waals surface area contributed by atoms with Crippen molar-refractivity contribution in [2.24, 2.45) is 0 Å². The number of hydrogen-bond donors (Lipinski definition) is 0.